The molecule has 1 aromatic heterocycles. The summed E-state index contributed by atoms with van der Waals surface area (Å²) in [7, 11) is 1.59. The molecule has 2 N–H and O–H groups in total. The number of aliphatic hydroxyl groups is 1. The molecule has 0 aliphatic heterocycles. The molecule has 0 aliphatic rings. The van der Waals surface area contributed by atoms with Crippen molar-refractivity contribution in [2.75, 3.05) is 13.7 Å². The van der Waals surface area contributed by atoms with Crippen molar-refractivity contribution in [1.82, 2.24) is 20.1 Å². The molecule has 0 saturated heterocycles. The highest BCUT2D eigenvalue weighted by atomic mass is 16.5. The molecular weight excluding hydrogens is 344 g/mol. The average molecular weight is 366 g/mol. The number of hydrogen-bond acceptors (Lipinski definition) is 5. The van der Waals surface area contributed by atoms with Crippen LogP contribution in [0.25, 0.3) is 0 Å². The zero-order chi connectivity index (χ0) is 19.1. The Morgan fingerprint density at radius 3 is 2.63 bits per heavy atom. The third-order valence-electron chi connectivity index (χ3n) is 4.14. The summed E-state index contributed by atoms with van der Waals surface area (Å²) >= 11 is 0. The Balaban J connectivity index is 1.51. The van der Waals surface area contributed by atoms with Crippen LogP contribution in [0.4, 0.5) is 0 Å². The maximum Gasteiger partial charge on any atom is 0.290 e. The first-order chi connectivity index (χ1) is 13.2. The quantitative estimate of drug-likeness (QED) is 0.636. The summed E-state index contributed by atoms with van der Waals surface area (Å²) in [6.07, 6.45) is 1.43. The molecular formula is C20H22N4O3. The van der Waals surface area contributed by atoms with E-state index < -0.39 is 6.10 Å². The van der Waals surface area contributed by atoms with Crippen LogP contribution >= 0.6 is 0 Å². The van der Waals surface area contributed by atoms with Gasteiger partial charge in [0.1, 0.15) is 12.1 Å². The fourth-order valence-corrected chi connectivity index (χ4v) is 2.64. The van der Waals surface area contributed by atoms with Gasteiger partial charge in [-0.25, -0.2) is 9.67 Å². The van der Waals surface area contributed by atoms with Crippen LogP contribution in [-0.2, 0) is 13.0 Å². The van der Waals surface area contributed by atoms with Crippen LogP contribution in [-0.4, -0.2) is 39.4 Å². The van der Waals surface area contributed by atoms with Crippen molar-refractivity contribution >= 4 is 5.91 Å². The molecule has 0 aliphatic carbocycles. The molecule has 3 aromatic rings. The van der Waals surface area contributed by atoms with Crippen LogP contribution < -0.4 is 10.1 Å². The standard InChI is InChI=1S/C20H22N4O3/c1-27-17-9-7-16(8-10-17)18(25)13-24-14-22-19(23-24)20(26)21-12-11-15-5-3-2-4-6-15/h2-10,14,18,25H,11-13H2,1H3,(H,21,26)/t18-/m0/s1. The second kappa shape index (κ2) is 8.95. The van der Waals surface area contributed by atoms with Gasteiger partial charge in [-0.2, -0.15) is 0 Å². The Bertz CT molecular complexity index is 862. The van der Waals surface area contributed by atoms with E-state index in [0.29, 0.717) is 6.54 Å². The zero-order valence-electron chi connectivity index (χ0n) is 15.1. The molecule has 0 fully saturated rings. The highest BCUT2D eigenvalue weighted by Crippen LogP contribution is 2.18. The van der Waals surface area contributed by atoms with Gasteiger partial charge < -0.3 is 15.2 Å². The third kappa shape index (κ3) is 5.15. The topological polar surface area (TPSA) is 89.3 Å². The second-order valence-electron chi connectivity index (χ2n) is 6.07. The number of amides is 1. The van der Waals surface area contributed by atoms with Crippen LogP contribution in [0, 0.1) is 0 Å². The highest BCUT2D eigenvalue weighted by molar-refractivity contribution is 5.90. The lowest BCUT2D eigenvalue weighted by molar-refractivity contribution is 0.0942. The number of carbonyl (C=O) groups excluding carboxylic acids is 1. The van der Waals surface area contributed by atoms with Gasteiger partial charge >= 0.3 is 0 Å². The van der Waals surface area contributed by atoms with Crippen molar-refractivity contribution in [2.24, 2.45) is 0 Å². The molecule has 27 heavy (non-hydrogen) atoms. The predicted molar refractivity (Wildman–Crippen MR) is 100 cm³/mol. The summed E-state index contributed by atoms with van der Waals surface area (Å²) in [6, 6.07) is 17.1. The first-order valence-corrected chi connectivity index (χ1v) is 8.69. The minimum atomic E-state index is -0.758. The Morgan fingerprint density at radius 1 is 1.19 bits per heavy atom. The smallest absolute Gasteiger partial charge is 0.290 e. The van der Waals surface area contributed by atoms with E-state index in [0.717, 1.165) is 23.3 Å². The number of rotatable bonds is 8. The van der Waals surface area contributed by atoms with Gasteiger partial charge in [-0.3, -0.25) is 4.79 Å². The number of aromatic nitrogens is 3. The monoisotopic (exact) mass is 366 g/mol. The predicted octanol–water partition coefficient (Wildman–Crippen LogP) is 1.99. The molecule has 1 atom stereocenters. The van der Waals surface area contributed by atoms with Crippen LogP contribution in [0.5, 0.6) is 5.75 Å². The van der Waals surface area contributed by atoms with E-state index in [9.17, 15) is 9.90 Å². The summed E-state index contributed by atoms with van der Waals surface area (Å²) < 4.78 is 6.56. The maximum absolute atomic E-state index is 12.1. The Hall–Kier alpha value is -3.19. The van der Waals surface area contributed by atoms with Gasteiger partial charge in [0.2, 0.25) is 5.82 Å². The summed E-state index contributed by atoms with van der Waals surface area (Å²) in [5.41, 5.74) is 1.89. The summed E-state index contributed by atoms with van der Waals surface area (Å²) in [5.74, 6) is 0.481. The average Bonchev–Trinajstić information content (AvgIpc) is 3.17. The minimum absolute atomic E-state index is 0.0880. The van der Waals surface area contributed by atoms with Crippen LogP contribution in [0.2, 0.25) is 0 Å². The molecule has 0 radical (unpaired) electrons. The molecule has 2 aromatic carbocycles. The van der Waals surface area contributed by atoms with Crippen molar-refractivity contribution in [3.05, 3.63) is 77.9 Å². The molecule has 0 spiro atoms. The van der Waals surface area contributed by atoms with Gasteiger partial charge in [0.05, 0.1) is 19.8 Å². The Kier molecular flexibility index (Phi) is 6.17. The van der Waals surface area contributed by atoms with Crippen LogP contribution in [0.3, 0.4) is 0 Å². The molecule has 0 bridgehead atoms. The van der Waals surface area contributed by atoms with E-state index in [1.807, 2.05) is 30.3 Å². The van der Waals surface area contributed by atoms with Gasteiger partial charge in [-0.15, -0.1) is 5.10 Å². The number of nitrogens with one attached hydrogen (secondary N) is 1. The number of hydrogen-bond donors (Lipinski definition) is 2. The molecule has 0 unspecified atom stereocenters. The van der Waals surface area contributed by atoms with E-state index in [4.69, 9.17) is 4.74 Å². The van der Waals surface area contributed by atoms with Crippen molar-refractivity contribution in [1.29, 1.82) is 0 Å². The molecule has 1 heterocycles. The lowest BCUT2D eigenvalue weighted by Crippen LogP contribution is -2.27. The lowest BCUT2D eigenvalue weighted by Gasteiger charge is -2.11. The van der Waals surface area contributed by atoms with Crippen LogP contribution in [0.15, 0.2) is 60.9 Å². The van der Waals surface area contributed by atoms with Gasteiger partial charge in [-0.05, 0) is 29.7 Å². The van der Waals surface area contributed by atoms with Crippen molar-refractivity contribution < 1.29 is 14.6 Å². The van der Waals surface area contributed by atoms with Gasteiger partial charge in [-0.1, -0.05) is 42.5 Å². The van der Waals surface area contributed by atoms with E-state index >= 15 is 0 Å². The van der Waals surface area contributed by atoms with Crippen molar-refractivity contribution in [3.8, 4) is 5.75 Å². The molecule has 7 nitrogen and oxygen atoms in total. The Morgan fingerprint density at radius 2 is 1.93 bits per heavy atom. The van der Waals surface area contributed by atoms with Crippen molar-refractivity contribution in [2.45, 2.75) is 19.1 Å². The maximum atomic E-state index is 12.1. The fraction of sp³-hybridized carbons (Fsp3) is 0.250. The third-order valence-corrected chi connectivity index (χ3v) is 4.14. The van der Waals surface area contributed by atoms with Crippen molar-refractivity contribution in [3.63, 3.8) is 0 Å². The zero-order valence-corrected chi connectivity index (χ0v) is 15.1. The van der Waals surface area contributed by atoms with E-state index in [1.165, 1.54) is 11.0 Å². The van der Waals surface area contributed by atoms with E-state index in [1.54, 1.807) is 31.4 Å². The normalized spacial score (nSPS) is 11.8. The van der Waals surface area contributed by atoms with Gasteiger partial charge in [0.25, 0.3) is 5.91 Å². The number of aliphatic hydroxyl groups excluding tert-OH is 1. The molecule has 140 valence electrons. The number of benzene rings is 2. The molecule has 1 amide bonds. The largest absolute Gasteiger partial charge is 0.497 e. The molecule has 0 saturated carbocycles. The molecule has 7 heteroatoms. The number of nitrogens with zero attached hydrogens (tertiary/aromatic N) is 3. The highest BCUT2D eigenvalue weighted by Gasteiger charge is 2.14. The fourth-order valence-electron chi connectivity index (χ4n) is 2.64. The lowest BCUT2D eigenvalue weighted by atomic mass is 10.1. The number of ether oxygens (including phenoxy) is 1. The van der Waals surface area contributed by atoms with Gasteiger partial charge in [0.15, 0.2) is 0 Å². The second-order valence-corrected chi connectivity index (χ2v) is 6.07. The first kappa shape index (κ1) is 18.6. The summed E-state index contributed by atoms with van der Waals surface area (Å²) in [5, 5.41) is 17.3. The number of methoxy groups -OCH3 is 1. The number of carbonyl (C=O) groups is 1. The molecule has 3 rings (SSSR count). The van der Waals surface area contributed by atoms with Crippen LogP contribution in [0.1, 0.15) is 27.8 Å². The summed E-state index contributed by atoms with van der Waals surface area (Å²) in [4.78, 5) is 16.2. The van der Waals surface area contributed by atoms with Gasteiger partial charge in [0, 0.05) is 6.54 Å². The first-order valence-electron chi connectivity index (χ1n) is 8.69. The SMILES string of the molecule is COc1ccc([C@@H](O)Cn2cnc(C(=O)NCCc3ccccc3)n2)cc1. The summed E-state index contributed by atoms with van der Waals surface area (Å²) in [6.45, 7) is 0.711. The van der Waals surface area contributed by atoms with E-state index in [2.05, 4.69) is 15.4 Å². The minimum Gasteiger partial charge on any atom is -0.497 e. The van der Waals surface area contributed by atoms with E-state index in [-0.39, 0.29) is 18.3 Å². The Labute approximate surface area is 157 Å².